The average molecular weight is 266 g/mol. The summed E-state index contributed by atoms with van der Waals surface area (Å²) in [5.74, 6) is -0.110. The Morgan fingerprint density at radius 1 is 1.53 bits per heavy atom. The maximum atomic E-state index is 12.1. The van der Waals surface area contributed by atoms with E-state index in [9.17, 15) is 4.79 Å². The van der Waals surface area contributed by atoms with Gasteiger partial charge in [-0.25, -0.2) is 0 Å². The molecule has 0 bridgehead atoms. The molecule has 1 aliphatic heterocycles. The first-order chi connectivity index (χ1) is 9.00. The van der Waals surface area contributed by atoms with Gasteiger partial charge in [0.1, 0.15) is 6.10 Å². The molecule has 6 nitrogen and oxygen atoms in total. The van der Waals surface area contributed by atoms with Crippen LogP contribution in [0.2, 0.25) is 0 Å². The SMILES string of the molecule is Cc1nn(C(C)C)c(C)c1NC(=O)C1CNCCO1. The minimum absolute atomic E-state index is 0.110. The Morgan fingerprint density at radius 3 is 2.79 bits per heavy atom. The fraction of sp³-hybridized carbons (Fsp3) is 0.692. The molecule has 0 aromatic carbocycles. The third-order valence-corrected chi connectivity index (χ3v) is 3.28. The number of amides is 1. The van der Waals surface area contributed by atoms with Crippen LogP contribution < -0.4 is 10.6 Å². The van der Waals surface area contributed by atoms with Crippen molar-refractivity contribution in [2.75, 3.05) is 25.0 Å². The maximum absolute atomic E-state index is 12.1. The molecule has 1 fully saturated rings. The van der Waals surface area contributed by atoms with Gasteiger partial charge in [0.15, 0.2) is 0 Å². The Hall–Kier alpha value is -1.40. The Bertz CT molecular complexity index is 461. The molecule has 2 N–H and O–H groups in total. The highest BCUT2D eigenvalue weighted by Crippen LogP contribution is 2.22. The topological polar surface area (TPSA) is 68.2 Å². The normalized spacial score (nSPS) is 19.7. The van der Waals surface area contributed by atoms with Crippen molar-refractivity contribution in [2.24, 2.45) is 0 Å². The molecule has 19 heavy (non-hydrogen) atoms. The molecule has 6 heteroatoms. The fourth-order valence-corrected chi connectivity index (χ4v) is 2.28. The zero-order valence-corrected chi connectivity index (χ0v) is 12.0. The fourth-order valence-electron chi connectivity index (χ4n) is 2.28. The van der Waals surface area contributed by atoms with E-state index in [-0.39, 0.29) is 11.9 Å². The second-order valence-corrected chi connectivity index (χ2v) is 5.14. The van der Waals surface area contributed by atoms with Crippen LogP contribution in [0.1, 0.15) is 31.3 Å². The largest absolute Gasteiger partial charge is 0.366 e. The number of hydrogen-bond donors (Lipinski definition) is 2. The molecule has 2 rings (SSSR count). The first-order valence-electron chi connectivity index (χ1n) is 6.69. The molecule has 1 unspecified atom stereocenters. The van der Waals surface area contributed by atoms with E-state index in [1.807, 2.05) is 18.5 Å². The number of ether oxygens (including phenoxy) is 1. The predicted octanol–water partition coefficient (Wildman–Crippen LogP) is 1.01. The van der Waals surface area contributed by atoms with E-state index in [1.54, 1.807) is 0 Å². The number of aromatic nitrogens is 2. The van der Waals surface area contributed by atoms with Crippen molar-refractivity contribution in [3.63, 3.8) is 0 Å². The summed E-state index contributed by atoms with van der Waals surface area (Å²) in [5.41, 5.74) is 2.61. The molecule has 0 saturated carbocycles. The molecule has 0 aliphatic carbocycles. The molecule has 1 aromatic rings. The maximum Gasteiger partial charge on any atom is 0.254 e. The van der Waals surface area contributed by atoms with E-state index in [4.69, 9.17) is 4.74 Å². The first kappa shape index (κ1) is 14.0. The molecular formula is C13H22N4O2. The monoisotopic (exact) mass is 266 g/mol. The minimum atomic E-state index is -0.421. The molecule has 0 spiro atoms. The van der Waals surface area contributed by atoms with E-state index < -0.39 is 6.10 Å². The van der Waals surface area contributed by atoms with Gasteiger partial charge in [-0.15, -0.1) is 0 Å². The van der Waals surface area contributed by atoms with Crippen LogP contribution in [-0.2, 0) is 9.53 Å². The lowest BCUT2D eigenvalue weighted by atomic mass is 10.2. The molecule has 1 atom stereocenters. The van der Waals surface area contributed by atoms with Gasteiger partial charge in [0.05, 0.1) is 23.7 Å². The summed E-state index contributed by atoms with van der Waals surface area (Å²) in [4.78, 5) is 12.1. The van der Waals surface area contributed by atoms with Gasteiger partial charge in [0.25, 0.3) is 5.91 Å². The highest BCUT2D eigenvalue weighted by atomic mass is 16.5. The Balaban J connectivity index is 2.12. The third-order valence-electron chi connectivity index (χ3n) is 3.28. The number of nitrogens with zero attached hydrogens (tertiary/aromatic N) is 2. The van der Waals surface area contributed by atoms with Crippen molar-refractivity contribution in [3.8, 4) is 0 Å². The number of aryl methyl sites for hydroxylation is 1. The lowest BCUT2D eigenvalue weighted by Crippen LogP contribution is -2.45. The highest BCUT2D eigenvalue weighted by molar-refractivity contribution is 5.95. The zero-order valence-electron chi connectivity index (χ0n) is 12.0. The molecule has 1 saturated heterocycles. The van der Waals surface area contributed by atoms with Gasteiger partial charge in [0, 0.05) is 19.1 Å². The summed E-state index contributed by atoms with van der Waals surface area (Å²) in [7, 11) is 0. The van der Waals surface area contributed by atoms with Crippen LogP contribution in [0.3, 0.4) is 0 Å². The number of hydrogen-bond acceptors (Lipinski definition) is 4. The van der Waals surface area contributed by atoms with Crippen molar-refractivity contribution < 1.29 is 9.53 Å². The van der Waals surface area contributed by atoms with Crippen molar-refractivity contribution in [1.29, 1.82) is 0 Å². The quantitative estimate of drug-likeness (QED) is 0.856. The Morgan fingerprint density at radius 2 is 2.26 bits per heavy atom. The molecule has 1 aromatic heterocycles. The third kappa shape index (κ3) is 2.96. The van der Waals surface area contributed by atoms with E-state index in [1.165, 1.54) is 0 Å². The van der Waals surface area contributed by atoms with Crippen molar-refractivity contribution in [2.45, 2.75) is 39.8 Å². The van der Waals surface area contributed by atoms with Gasteiger partial charge in [-0.3, -0.25) is 9.48 Å². The molecule has 1 aliphatic rings. The van der Waals surface area contributed by atoms with Crippen molar-refractivity contribution in [3.05, 3.63) is 11.4 Å². The van der Waals surface area contributed by atoms with E-state index >= 15 is 0 Å². The average Bonchev–Trinajstić information content (AvgIpc) is 2.68. The van der Waals surface area contributed by atoms with Crippen molar-refractivity contribution >= 4 is 11.6 Å². The summed E-state index contributed by atoms with van der Waals surface area (Å²) in [5, 5.41) is 10.5. The van der Waals surface area contributed by atoms with Crippen LogP contribution in [0.25, 0.3) is 0 Å². The lowest BCUT2D eigenvalue weighted by molar-refractivity contribution is -0.128. The first-order valence-corrected chi connectivity index (χ1v) is 6.69. The number of nitrogens with one attached hydrogen (secondary N) is 2. The summed E-state index contributed by atoms with van der Waals surface area (Å²) in [6.07, 6.45) is -0.421. The number of anilines is 1. The van der Waals surface area contributed by atoms with Crippen LogP contribution in [-0.4, -0.2) is 41.5 Å². The van der Waals surface area contributed by atoms with Crippen LogP contribution >= 0.6 is 0 Å². The Labute approximate surface area is 113 Å². The van der Waals surface area contributed by atoms with Crippen LogP contribution in [0.5, 0.6) is 0 Å². The smallest absolute Gasteiger partial charge is 0.254 e. The number of carbonyl (C=O) groups is 1. The minimum Gasteiger partial charge on any atom is -0.366 e. The van der Waals surface area contributed by atoms with E-state index in [2.05, 4.69) is 29.6 Å². The molecule has 2 heterocycles. The predicted molar refractivity (Wildman–Crippen MR) is 73.3 cm³/mol. The van der Waals surface area contributed by atoms with Gasteiger partial charge in [0.2, 0.25) is 0 Å². The Kier molecular flexibility index (Phi) is 4.21. The van der Waals surface area contributed by atoms with Crippen LogP contribution in [0.15, 0.2) is 0 Å². The molecule has 106 valence electrons. The second kappa shape index (κ2) is 5.71. The standard InChI is InChI=1S/C13H22N4O2/c1-8(2)17-10(4)12(9(3)16-17)15-13(18)11-7-14-5-6-19-11/h8,11,14H,5-7H2,1-4H3,(H,15,18). The molecular weight excluding hydrogens is 244 g/mol. The lowest BCUT2D eigenvalue weighted by Gasteiger charge is -2.22. The number of carbonyl (C=O) groups excluding carboxylic acids is 1. The zero-order chi connectivity index (χ0) is 14.0. The summed E-state index contributed by atoms with van der Waals surface area (Å²) >= 11 is 0. The van der Waals surface area contributed by atoms with Gasteiger partial charge >= 0.3 is 0 Å². The van der Waals surface area contributed by atoms with Gasteiger partial charge in [-0.2, -0.15) is 5.10 Å². The van der Waals surface area contributed by atoms with Gasteiger partial charge in [-0.05, 0) is 27.7 Å². The number of morpholine rings is 1. The van der Waals surface area contributed by atoms with Gasteiger partial charge < -0.3 is 15.4 Å². The summed E-state index contributed by atoms with van der Waals surface area (Å²) < 4.78 is 7.37. The highest BCUT2D eigenvalue weighted by Gasteiger charge is 2.24. The molecule has 0 radical (unpaired) electrons. The van der Waals surface area contributed by atoms with Crippen LogP contribution in [0.4, 0.5) is 5.69 Å². The van der Waals surface area contributed by atoms with E-state index in [0.717, 1.165) is 23.6 Å². The van der Waals surface area contributed by atoms with Crippen molar-refractivity contribution in [1.82, 2.24) is 15.1 Å². The summed E-state index contributed by atoms with van der Waals surface area (Å²) in [6, 6.07) is 0.275. The van der Waals surface area contributed by atoms with E-state index in [0.29, 0.717) is 13.2 Å². The second-order valence-electron chi connectivity index (χ2n) is 5.14. The van der Waals surface area contributed by atoms with Gasteiger partial charge in [-0.1, -0.05) is 0 Å². The number of rotatable bonds is 3. The summed E-state index contributed by atoms with van der Waals surface area (Å²) in [6.45, 7) is 9.94. The van der Waals surface area contributed by atoms with Crippen LogP contribution in [0, 0.1) is 13.8 Å². The molecule has 1 amide bonds.